The maximum absolute atomic E-state index is 12.8. The number of halogens is 1. The van der Waals surface area contributed by atoms with E-state index in [0.717, 1.165) is 0 Å². The lowest BCUT2D eigenvalue weighted by Crippen LogP contribution is -2.30. The van der Waals surface area contributed by atoms with Crippen molar-refractivity contribution in [2.24, 2.45) is 5.92 Å². The van der Waals surface area contributed by atoms with E-state index in [0.29, 0.717) is 5.56 Å². The molecule has 0 radical (unpaired) electrons. The highest BCUT2D eigenvalue weighted by atomic mass is 19.1. The molecule has 18 heavy (non-hydrogen) atoms. The van der Waals surface area contributed by atoms with E-state index in [4.69, 9.17) is 5.11 Å². The zero-order valence-corrected chi connectivity index (χ0v) is 9.89. The average Bonchev–Trinajstić information content (AvgIpc) is 2.33. The summed E-state index contributed by atoms with van der Waals surface area (Å²) >= 11 is 0. The van der Waals surface area contributed by atoms with E-state index in [2.05, 4.69) is 5.32 Å². The predicted octanol–water partition coefficient (Wildman–Crippen LogP) is 1.68. The first kappa shape index (κ1) is 13.9. The summed E-state index contributed by atoms with van der Waals surface area (Å²) in [5, 5.41) is 11.1. The van der Waals surface area contributed by atoms with Crippen molar-refractivity contribution in [3.63, 3.8) is 0 Å². The van der Waals surface area contributed by atoms with Crippen molar-refractivity contribution in [1.82, 2.24) is 5.32 Å². The van der Waals surface area contributed by atoms with Crippen molar-refractivity contribution in [3.05, 3.63) is 41.7 Å². The minimum absolute atomic E-state index is 0.0572. The van der Waals surface area contributed by atoms with Crippen molar-refractivity contribution in [2.75, 3.05) is 6.54 Å². The van der Waals surface area contributed by atoms with E-state index in [9.17, 15) is 14.0 Å². The van der Waals surface area contributed by atoms with Crippen LogP contribution in [0.25, 0.3) is 6.08 Å². The van der Waals surface area contributed by atoms with Gasteiger partial charge in [-0.1, -0.05) is 19.1 Å². The summed E-state index contributed by atoms with van der Waals surface area (Å²) in [5.41, 5.74) is 0.566. The van der Waals surface area contributed by atoms with Crippen LogP contribution < -0.4 is 5.32 Å². The fourth-order valence-corrected chi connectivity index (χ4v) is 1.18. The number of carbonyl (C=O) groups excluding carboxylic acids is 1. The van der Waals surface area contributed by atoms with Gasteiger partial charge >= 0.3 is 5.97 Å². The minimum Gasteiger partial charge on any atom is -0.481 e. The lowest BCUT2D eigenvalue weighted by molar-refractivity contribution is -0.141. The highest BCUT2D eigenvalue weighted by Crippen LogP contribution is 2.05. The number of carboxylic acids is 1. The van der Waals surface area contributed by atoms with Gasteiger partial charge in [0.25, 0.3) is 0 Å². The third-order valence-electron chi connectivity index (χ3n) is 2.28. The first-order valence-corrected chi connectivity index (χ1v) is 5.43. The van der Waals surface area contributed by atoms with Crippen LogP contribution in [-0.2, 0) is 9.59 Å². The van der Waals surface area contributed by atoms with Crippen LogP contribution in [0.3, 0.4) is 0 Å². The summed E-state index contributed by atoms with van der Waals surface area (Å²) < 4.78 is 12.8. The normalized spacial score (nSPS) is 12.3. The van der Waals surface area contributed by atoms with Crippen LogP contribution in [0, 0.1) is 11.7 Å². The molecule has 1 atom stereocenters. The second-order valence-corrected chi connectivity index (χ2v) is 3.87. The van der Waals surface area contributed by atoms with E-state index in [1.54, 1.807) is 12.1 Å². The molecule has 2 N–H and O–H groups in total. The van der Waals surface area contributed by atoms with Crippen molar-refractivity contribution in [2.45, 2.75) is 6.92 Å². The monoisotopic (exact) mass is 251 g/mol. The van der Waals surface area contributed by atoms with E-state index in [-0.39, 0.29) is 12.4 Å². The van der Waals surface area contributed by atoms with Gasteiger partial charge in [-0.3, -0.25) is 9.59 Å². The highest BCUT2D eigenvalue weighted by molar-refractivity contribution is 5.91. The fraction of sp³-hybridized carbons (Fsp3) is 0.231. The Hall–Kier alpha value is -2.17. The second-order valence-electron chi connectivity index (χ2n) is 3.87. The minimum atomic E-state index is -0.968. The fourth-order valence-electron chi connectivity index (χ4n) is 1.18. The summed E-state index contributed by atoms with van der Waals surface area (Å²) in [5.74, 6) is -2.40. The standard InChI is InChI=1S/C13H14FNO3/c1-9(13(17)18)8-15-12(16)6-5-10-3-2-4-11(14)7-10/h2-7,9H,8H2,1H3,(H,15,16)(H,17,18)/b6-5-/t9-/m1/s1. The van der Waals surface area contributed by atoms with Crippen molar-refractivity contribution < 1.29 is 19.1 Å². The molecule has 0 saturated heterocycles. The number of carboxylic acid groups (broad SMARTS) is 1. The Bertz CT molecular complexity index is 471. The van der Waals surface area contributed by atoms with Crippen LogP contribution in [0.4, 0.5) is 4.39 Å². The van der Waals surface area contributed by atoms with E-state index >= 15 is 0 Å². The Morgan fingerprint density at radius 3 is 2.83 bits per heavy atom. The number of hydrogen-bond donors (Lipinski definition) is 2. The van der Waals surface area contributed by atoms with Crippen LogP contribution in [0.15, 0.2) is 30.3 Å². The van der Waals surface area contributed by atoms with Gasteiger partial charge in [0.05, 0.1) is 5.92 Å². The molecule has 1 rings (SSSR count). The lowest BCUT2D eigenvalue weighted by atomic mass is 10.2. The molecule has 5 heteroatoms. The Kier molecular flexibility index (Phi) is 5.05. The number of rotatable bonds is 5. The van der Waals surface area contributed by atoms with Crippen LogP contribution >= 0.6 is 0 Å². The summed E-state index contributed by atoms with van der Waals surface area (Å²) in [7, 11) is 0. The first-order valence-electron chi connectivity index (χ1n) is 5.43. The molecule has 1 aromatic carbocycles. The molecule has 0 spiro atoms. The Balaban J connectivity index is 2.47. The third kappa shape index (κ3) is 4.78. The number of nitrogens with one attached hydrogen (secondary N) is 1. The number of carbonyl (C=O) groups is 2. The quantitative estimate of drug-likeness (QED) is 0.782. The van der Waals surface area contributed by atoms with E-state index in [1.807, 2.05) is 0 Å². The van der Waals surface area contributed by atoms with Crippen LogP contribution in [0.5, 0.6) is 0 Å². The molecule has 4 nitrogen and oxygen atoms in total. The molecule has 0 bridgehead atoms. The predicted molar refractivity (Wildman–Crippen MR) is 65.2 cm³/mol. The van der Waals surface area contributed by atoms with Gasteiger partial charge in [-0.25, -0.2) is 4.39 Å². The number of hydrogen-bond acceptors (Lipinski definition) is 2. The van der Waals surface area contributed by atoms with Crippen molar-refractivity contribution in [3.8, 4) is 0 Å². The van der Waals surface area contributed by atoms with Gasteiger partial charge in [0, 0.05) is 12.6 Å². The Labute approximate surface area is 104 Å². The largest absolute Gasteiger partial charge is 0.481 e. The maximum Gasteiger partial charge on any atom is 0.308 e. The molecule has 0 unspecified atom stereocenters. The first-order chi connectivity index (χ1) is 8.49. The molecular weight excluding hydrogens is 237 g/mol. The van der Waals surface area contributed by atoms with Crippen LogP contribution in [0.2, 0.25) is 0 Å². The van der Waals surface area contributed by atoms with Gasteiger partial charge in [-0.05, 0) is 23.8 Å². The smallest absolute Gasteiger partial charge is 0.308 e. The molecule has 0 fully saturated rings. The lowest BCUT2D eigenvalue weighted by Gasteiger charge is -2.05. The topological polar surface area (TPSA) is 66.4 Å². The summed E-state index contributed by atoms with van der Waals surface area (Å²) in [4.78, 5) is 21.9. The summed E-state index contributed by atoms with van der Waals surface area (Å²) in [6.07, 6.45) is 2.70. The Morgan fingerprint density at radius 2 is 2.22 bits per heavy atom. The number of amides is 1. The van der Waals surface area contributed by atoms with E-state index < -0.39 is 17.8 Å². The molecular formula is C13H14FNO3. The van der Waals surface area contributed by atoms with Crippen LogP contribution in [0.1, 0.15) is 12.5 Å². The van der Waals surface area contributed by atoms with Crippen LogP contribution in [-0.4, -0.2) is 23.5 Å². The Morgan fingerprint density at radius 1 is 1.50 bits per heavy atom. The van der Waals surface area contributed by atoms with Gasteiger partial charge in [0.2, 0.25) is 5.91 Å². The zero-order chi connectivity index (χ0) is 13.5. The zero-order valence-electron chi connectivity index (χ0n) is 9.89. The summed E-state index contributed by atoms with van der Waals surface area (Å²) in [6, 6.07) is 5.81. The molecule has 0 aliphatic heterocycles. The molecule has 0 heterocycles. The molecule has 0 saturated carbocycles. The van der Waals surface area contributed by atoms with Crippen molar-refractivity contribution >= 4 is 18.0 Å². The van der Waals surface area contributed by atoms with Gasteiger partial charge in [-0.2, -0.15) is 0 Å². The second kappa shape index (κ2) is 6.54. The van der Waals surface area contributed by atoms with Gasteiger partial charge in [0.1, 0.15) is 5.82 Å². The third-order valence-corrected chi connectivity index (χ3v) is 2.28. The molecule has 1 amide bonds. The average molecular weight is 251 g/mol. The summed E-state index contributed by atoms with van der Waals surface area (Å²) in [6.45, 7) is 1.56. The number of benzene rings is 1. The molecule has 0 aliphatic rings. The SMILES string of the molecule is C[C@H](CNC(=O)/C=C\c1cccc(F)c1)C(=O)O. The number of aliphatic carboxylic acids is 1. The van der Waals surface area contributed by atoms with Gasteiger partial charge in [-0.15, -0.1) is 0 Å². The molecule has 96 valence electrons. The molecule has 0 aromatic heterocycles. The highest BCUT2D eigenvalue weighted by Gasteiger charge is 2.10. The van der Waals surface area contributed by atoms with Gasteiger partial charge < -0.3 is 10.4 Å². The van der Waals surface area contributed by atoms with Crippen molar-refractivity contribution in [1.29, 1.82) is 0 Å². The molecule has 0 aliphatic carbocycles. The maximum atomic E-state index is 12.8. The van der Waals surface area contributed by atoms with E-state index in [1.165, 1.54) is 31.2 Å². The molecule has 1 aromatic rings. The van der Waals surface area contributed by atoms with Gasteiger partial charge in [0.15, 0.2) is 0 Å².